The summed E-state index contributed by atoms with van der Waals surface area (Å²) in [5.74, 6) is 1.72. The van der Waals surface area contributed by atoms with Crippen molar-refractivity contribution >= 4 is 29.9 Å². The minimum atomic E-state index is -0.882. The zero-order valence-corrected chi connectivity index (χ0v) is 21.3. The number of likely N-dealkylation sites (tertiary alicyclic amines) is 1. The molecule has 2 unspecified atom stereocenters. The predicted molar refractivity (Wildman–Crippen MR) is 134 cm³/mol. The first-order chi connectivity index (χ1) is 14.6. The van der Waals surface area contributed by atoms with Gasteiger partial charge < -0.3 is 24.9 Å². The van der Waals surface area contributed by atoms with Crippen LogP contribution in [-0.4, -0.2) is 92.0 Å². The molecule has 8 nitrogen and oxygen atoms in total. The number of hydrogen-bond acceptors (Lipinski definition) is 6. The first kappa shape index (κ1) is 26.4. The molecule has 0 bridgehead atoms. The average Bonchev–Trinajstić information content (AvgIpc) is 3.28. The molecule has 0 aromatic carbocycles. The van der Waals surface area contributed by atoms with E-state index in [2.05, 4.69) is 38.4 Å². The molecule has 1 aromatic heterocycles. The Hall–Kier alpha value is -0.880. The fraction of sp³-hybridized carbons (Fsp3) is 0.773. The first-order valence-electron chi connectivity index (χ1n) is 11.4. The van der Waals surface area contributed by atoms with Crippen LogP contribution in [0.1, 0.15) is 44.9 Å². The second-order valence-corrected chi connectivity index (χ2v) is 8.59. The molecule has 2 aliphatic heterocycles. The van der Waals surface area contributed by atoms with Gasteiger partial charge in [0.1, 0.15) is 5.76 Å². The van der Waals surface area contributed by atoms with Gasteiger partial charge in [0.05, 0.1) is 37.7 Å². The molecule has 1 aromatic rings. The van der Waals surface area contributed by atoms with Crippen LogP contribution in [0.15, 0.2) is 27.8 Å². The molecule has 0 aliphatic carbocycles. The summed E-state index contributed by atoms with van der Waals surface area (Å²) in [5, 5.41) is 17.6. The molecule has 3 heterocycles. The zero-order chi connectivity index (χ0) is 21.2. The highest BCUT2D eigenvalue weighted by Gasteiger charge is 2.27. The fourth-order valence-corrected chi connectivity index (χ4v) is 4.20. The zero-order valence-electron chi connectivity index (χ0n) is 19.0. The van der Waals surface area contributed by atoms with Gasteiger partial charge in [-0.05, 0) is 51.9 Å². The maximum absolute atomic E-state index is 10.8. The molecule has 178 valence electrons. The Balaban J connectivity index is 0.00000341. The topological polar surface area (TPSA) is 85.5 Å². The number of aliphatic hydroxyl groups is 1. The van der Waals surface area contributed by atoms with E-state index >= 15 is 0 Å². The molecule has 2 atom stereocenters. The third kappa shape index (κ3) is 8.88. The van der Waals surface area contributed by atoms with Crippen molar-refractivity contribution < 1.29 is 14.3 Å². The highest BCUT2D eigenvalue weighted by Crippen LogP contribution is 2.24. The maximum atomic E-state index is 10.8. The first-order valence-corrected chi connectivity index (χ1v) is 11.4. The number of rotatable bonds is 9. The van der Waals surface area contributed by atoms with E-state index in [9.17, 15) is 5.11 Å². The van der Waals surface area contributed by atoms with Gasteiger partial charge in [0.25, 0.3) is 0 Å². The number of ether oxygens (including phenoxy) is 1. The van der Waals surface area contributed by atoms with E-state index in [1.54, 1.807) is 6.26 Å². The van der Waals surface area contributed by atoms with Crippen molar-refractivity contribution in [2.75, 3.05) is 65.6 Å². The van der Waals surface area contributed by atoms with E-state index in [4.69, 9.17) is 9.15 Å². The lowest BCUT2D eigenvalue weighted by atomic mass is 10.1. The Labute approximate surface area is 203 Å². The smallest absolute Gasteiger partial charge is 0.191 e. The lowest BCUT2D eigenvalue weighted by Gasteiger charge is -2.34. The molecule has 3 N–H and O–H groups in total. The van der Waals surface area contributed by atoms with Gasteiger partial charge in [-0.1, -0.05) is 6.42 Å². The number of nitrogens with one attached hydrogen (secondary N) is 2. The Morgan fingerprint density at radius 2 is 1.94 bits per heavy atom. The molecule has 0 radical (unpaired) electrons. The molecule has 2 aliphatic rings. The van der Waals surface area contributed by atoms with Crippen LogP contribution >= 0.6 is 24.0 Å². The number of aliphatic imine (C=N–C) groups is 1. The van der Waals surface area contributed by atoms with Crippen molar-refractivity contribution in [2.24, 2.45) is 4.99 Å². The van der Waals surface area contributed by atoms with E-state index in [1.807, 2.05) is 13.0 Å². The molecule has 3 rings (SSSR count). The molecule has 0 spiro atoms. The summed E-state index contributed by atoms with van der Waals surface area (Å²) in [6.45, 7) is 11.7. The van der Waals surface area contributed by atoms with E-state index in [0.717, 1.165) is 57.7 Å². The van der Waals surface area contributed by atoms with Crippen molar-refractivity contribution in [1.82, 2.24) is 20.4 Å². The van der Waals surface area contributed by atoms with Crippen LogP contribution in [0.25, 0.3) is 0 Å². The highest BCUT2D eigenvalue weighted by molar-refractivity contribution is 14.0. The van der Waals surface area contributed by atoms with Gasteiger partial charge in [-0.2, -0.15) is 0 Å². The lowest BCUT2D eigenvalue weighted by Crippen LogP contribution is -2.48. The third-order valence-electron chi connectivity index (χ3n) is 5.76. The van der Waals surface area contributed by atoms with E-state index in [0.29, 0.717) is 19.6 Å². The summed E-state index contributed by atoms with van der Waals surface area (Å²) in [6, 6.07) is 4.19. The van der Waals surface area contributed by atoms with Gasteiger partial charge in [0.15, 0.2) is 5.96 Å². The number of hydrogen-bond donors (Lipinski definition) is 3. The maximum Gasteiger partial charge on any atom is 0.191 e. The Morgan fingerprint density at radius 3 is 2.58 bits per heavy atom. The van der Waals surface area contributed by atoms with E-state index in [1.165, 1.54) is 19.3 Å². The normalized spacial score (nSPS) is 21.7. The second-order valence-electron chi connectivity index (χ2n) is 8.59. The Morgan fingerprint density at radius 1 is 1.19 bits per heavy atom. The number of halogens is 1. The molecular weight excluding hydrogens is 509 g/mol. The van der Waals surface area contributed by atoms with Gasteiger partial charge >= 0.3 is 0 Å². The molecule has 0 amide bonds. The minimum absolute atomic E-state index is 0. The van der Waals surface area contributed by atoms with Crippen LogP contribution in [0.5, 0.6) is 0 Å². The summed E-state index contributed by atoms with van der Waals surface area (Å²) >= 11 is 0. The van der Waals surface area contributed by atoms with Gasteiger partial charge in [0.2, 0.25) is 0 Å². The van der Waals surface area contributed by atoms with Crippen LogP contribution in [0, 0.1) is 0 Å². The molecule has 2 fully saturated rings. The summed E-state index contributed by atoms with van der Waals surface area (Å²) < 4.78 is 11.1. The third-order valence-corrected chi connectivity index (χ3v) is 5.76. The molecule has 31 heavy (non-hydrogen) atoms. The Kier molecular flexibility index (Phi) is 11.6. The summed E-state index contributed by atoms with van der Waals surface area (Å²) in [4.78, 5) is 9.42. The standard InChI is InChI=1S/C22H39N5O3.HI/c1-3-23-21(25-17-22(2,28)18-26-11-14-29-15-12-26)24-16-19(20-8-7-13-30-20)27-9-5-4-6-10-27;/h7-8,13,19,28H,3-6,9-12,14-18H2,1-2H3,(H2,23,24,25);1H. The number of morpholine rings is 1. The molecule has 2 saturated heterocycles. The van der Waals surface area contributed by atoms with Crippen molar-refractivity contribution in [3.63, 3.8) is 0 Å². The van der Waals surface area contributed by atoms with E-state index < -0.39 is 5.60 Å². The van der Waals surface area contributed by atoms with Crippen LogP contribution in [0.4, 0.5) is 0 Å². The quantitative estimate of drug-likeness (QED) is 0.247. The lowest BCUT2D eigenvalue weighted by molar-refractivity contribution is -0.0180. The van der Waals surface area contributed by atoms with Gasteiger partial charge in [-0.25, -0.2) is 0 Å². The van der Waals surface area contributed by atoms with Crippen LogP contribution in [-0.2, 0) is 4.74 Å². The van der Waals surface area contributed by atoms with Gasteiger partial charge in [-0.3, -0.25) is 14.8 Å². The minimum Gasteiger partial charge on any atom is -0.468 e. The van der Waals surface area contributed by atoms with Crippen molar-refractivity contribution in [2.45, 2.75) is 44.8 Å². The average molecular weight is 549 g/mol. The van der Waals surface area contributed by atoms with Crippen molar-refractivity contribution in [1.29, 1.82) is 0 Å². The van der Waals surface area contributed by atoms with E-state index in [-0.39, 0.29) is 30.0 Å². The van der Waals surface area contributed by atoms with Gasteiger partial charge in [0, 0.05) is 32.7 Å². The number of furan rings is 1. The molecule has 0 saturated carbocycles. The number of β-amino-alcohol motifs (C(OH)–C–C–N with tert-alkyl or cyclic N) is 1. The van der Waals surface area contributed by atoms with Crippen LogP contribution in [0.2, 0.25) is 0 Å². The molecular formula is C22H40IN5O3. The number of nitrogens with zero attached hydrogens (tertiary/aromatic N) is 3. The fourth-order valence-electron chi connectivity index (χ4n) is 4.20. The Bertz CT molecular complexity index is 629. The summed E-state index contributed by atoms with van der Waals surface area (Å²) in [7, 11) is 0. The van der Waals surface area contributed by atoms with Crippen LogP contribution in [0.3, 0.4) is 0 Å². The van der Waals surface area contributed by atoms with Gasteiger partial charge in [-0.15, -0.1) is 24.0 Å². The molecule has 9 heteroatoms. The predicted octanol–water partition coefficient (Wildman–Crippen LogP) is 2.06. The van der Waals surface area contributed by atoms with Crippen molar-refractivity contribution in [3.05, 3.63) is 24.2 Å². The summed E-state index contributed by atoms with van der Waals surface area (Å²) in [5.41, 5.74) is -0.882. The summed E-state index contributed by atoms with van der Waals surface area (Å²) in [6.07, 6.45) is 5.51. The monoisotopic (exact) mass is 549 g/mol. The number of guanidine groups is 1. The largest absolute Gasteiger partial charge is 0.468 e. The SMILES string of the molecule is CCNC(=NCC(C)(O)CN1CCOCC1)NCC(c1ccco1)N1CCCCC1.I. The number of piperidine rings is 1. The van der Waals surface area contributed by atoms with Crippen molar-refractivity contribution in [3.8, 4) is 0 Å². The van der Waals surface area contributed by atoms with Crippen LogP contribution < -0.4 is 10.6 Å². The highest BCUT2D eigenvalue weighted by atomic mass is 127. The second kappa shape index (κ2) is 13.6.